The monoisotopic (exact) mass is 248 g/mol. The second-order valence-corrected chi connectivity index (χ2v) is 5.20. The highest BCUT2D eigenvalue weighted by atomic mass is 15.1. The maximum Gasteiger partial charge on any atom is 0.0104 e. The van der Waals surface area contributed by atoms with Gasteiger partial charge in [0.1, 0.15) is 0 Å². The largest absolute Gasteiger partial charge is 0.316 e. The van der Waals surface area contributed by atoms with Gasteiger partial charge in [0.2, 0.25) is 0 Å². The molecule has 1 N–H and O–H groups in total. The van der Waals surface area contributed by atoms with Gasteiger partial charge in [0.25, 0.3) is 0 Å². The van der Waals surface area contributed by atoms with Crippen LogP contribution in [0.4, 0.5) is 0 Å². The molecule has 0 fully saturated rings. The first-order valence-electron chi connectivity index (χ1n) is 7.01. The van der Waals surface area contributed by atoms with Crippen molar-refractivity contribution in [3.63, 3.8) is 0 Å². The van der Waals surface area contributed by atoms with Crippen LogP contribution in [0.5, 0.6) is 0 Å². The highest BCUT2D eigenvalue weighted by molar-refractivity contribution is 5.38. The fraction of sp³-hybridized carbons (Fsp3) is 0.625. The third-order valence-electron chi connectivity index (χ3n) is 3.85. The van der Waals surface area contributed by atoms with Gasteiger partial charge >= 0.3 is 0 Å². The molecule has 0 spiro atoms. The van der Waals surface area contributed by atoms with E-state index in [9.17, 15) is 0 Å². The molecule has 1 aromatic rings. The molecule has 0 atom stereocenters. The average Bonchev–Trinajstić information content (AvgIpc) is 2.35. The summed E-state index contributed by atoms with van der Waals surface area (Å²) >= 11 is 0. The lowest BCUT2D eigenvalue weighted by molar-refractivity contribution is 0.336. The molecule has 0 aliphatic heterocycles. The summed E-state index contributed by atoms with van der Waals surface area (Å²) in [4.78, 5) is 2.40. The molecule has 0 heterocycles. The summed E-state index contributed by atoms with van der Waals surface area (Å²) in [7, 11) is 2.20. The van der Waals surface area contributed by atoms with E-state index in [1.807, 2.05) is 0 Å². The molecule has 0 radical (unpaired) electrons. The Morgan fingerprint density at radius 3 is 2.44 bits per heavy atom. The van der Waals surface area contributed by atoms with Crippen molar-refractivity contribution in [3.05, 3.63) is 34.4 Å². The first kappa shape index (κ1) is 15.2. The van der Waals surface area contributed by atoms with E-state index < -0.39 is 0 Å². The number of rotatable bonds is 7. The summed E-state index contributed by atoms with van der Waals surface area (Å²) in [6, 6.07) is 4.53. The minimum Gasteiger partial charge on any atom is -0.316 e. The lowest BCUT2D eigenvalue weighted by Crippen LogP contribution is -2.30. The van der Waals surface area contributed by atoms with Crippen LogP contribution in [0.25, 0.3) is 0 Å². The van der Waals surface area contributed by atoms with Gasteiger partial charge in [0, 0.05) is 19.6 Å². The number of nitrogens with one attached hydrogen (secondary N) is 1. The van der Waals surface area contributed by atoms with Crippen molar-refractivity contribution in [1.29, 1.82) is 0 Å². The van der Waals surface area contributed by atoms with Crippen molar-refractivity contribution in [1.82, 2.24) is 10.2 Å². The van der Waals surface area contributed by atoms with Gasteiger partial charge in [-0.15, -0.1) is 0 Å². The fourth-order valence-electron chi connectivity index (χ4n) is 2.15. The van der Waals surface area contributed by atoms with Crippen molar-refractivity contribution in [3.8, 4) is 0 Å². The van der Waals surface area contributed by atoms with Crippen LogP contribution < -0.4 is 5.32 Å². The number of likely N-dealkylation sites (N-methyl/N-ethyl adjacent to an activating group) is 2. The smallest absolute Gasteiger partial charge is 0.0104 e. The molecule has 1 aromatic carbocycles. The van der Waals surface area contributed by atoms with E-state index in [1.165, 1.54) is 22.3 Å². The molecule has 0 bridgehead atoms. The second kappa shape index (κ2) is 7.55. The van der Waals surface area contributed by atoms with E-state index in [0.29, 0.717) is 0 Å². The van der Waals surface area contributed by atoms with Crippen LogP contribution in [0, 0.1) is 20.8 Å². The Labute approximate surface area is 112 Å². The molecule has 0 saturated carbocycles. The van der Waals surface area contributed by atoms with E-state index in [0.717, 1.165) is 32.6 Å². The first-order valence-corrected chi connectivity index (χ1v) is 7.01. The molecule has 0 amide bonds. The Bertz CT molecular complexity index is 372. The zero-order chi connectivity index (χ0) is 13.5. The summed E-state index contributed by atoms with van der Waals surface area (Å²) in [5, 5.41) is 3.36. The second-order valence-electron chi connectivity index (χ2n) is 5.20. The van der Waals surface area contributed by atoms with E-state index in [4.69, 9.17) is 0 Å². The normalized spacial score (nSPS) is 11.2. The van der Waals surface area contributed by atoms with E-state index in [-0.39, 0.29) is 0 Å². The molecular formula is C16H28N2. The van der Waals surface area contributed by atoms with E-state index in [2.05, 4.69) is 57.1 Å². The lowest BCUT2D eigenvalue weighted by atomic mass is 9.97. The van der Waals surface area contributed by atoms with Gasteiger partial charge in [0.15, 0.2) is 0 Å². The number of benzene rings is 1. The van der Waals surface area contributed by atoms with Crippen LogP contribution in [-0.4, -0.2) is 38.1 Å². The van der Waals surface area contributed by atoms with Crippen LogP contribution in [0.2, 0.25) is 0 Å². The molecule has 0 aliphatic carbocycles. The number of nitrogens with zero attached hydrogens (tertiary/aromatic N) is 1. The Morgan fingerprint density at radius 1 is 1.06 bits per heavy atom. The van der Waals surface area contributed by atoms with Crippen molar-refractivity contribution < 1.29 is 0 Å². The van der Waals surface area contributed by atoms with E-state index >= 15 is 0 Å². The third kappa shape index (κ3) is 4.43. The molecule has 0 aromatic heterocycles. The molecule has 18 heavy (non-hydrogen) atoms. The molecule has 0 unspecified atom stereocenters. The van der Waals surface area contributed by atoms with Crippen molar-refractivity contribution in [2.75, 3.05) is 33.2 Å². The zero-order valence-corrected chi connectivity index (χ0v) is 12.6. The van der Waals surface area contributed by atoms with Crippen molar-refractivity contribution in [2.45, 2.75) is 34.1 Å². The quantitative estimate of drug-likeness (QED) is 0.746. The predicted molar refractivity (Wildman–Crippen MR) is 80.4 cm³/mol. The summed E-state index contributed by atoms with van der Waals surface area (Å²) in [6.45, 7) is 13.2. The number of hydrogen-bond acceptors (Lipinski definition) is 2. The zero-order valence-electron chi connectivity index (χ0n) is 12.6. The third-order valence-corrected chi connectivity index (χ3v) is 3.85. The Balaban J connectivity index is 2.46. The standard InChI is InChI=1S/C16H28N2/c1-6-17-10-12-18(5)11-9-16-8-7-13(2)14(3)15(16)4/h7-8,17H,6,9-12H2,1-5H3. The molecule has 102 valence electrons. The van der Waals surface area contributed by atoms with E-state index in [1.54, 1.807) is 0 Å². The van der Waals surface area contributed by atoms with Crippen LogP contribution in [0.15, 0.2) is 12.1 Å². The number of hydrogen-bond donors (Lipinski definition) is 1. The Morgan fingerprint density at radius 2 is 1.78 bits per heavy atom. The molecule has 2 nitrogen and oxygen atoms in total. The van der Waals surface area contributed by atoms with Crippen LogP contribution in [0.1, 0.15) is 29.2 Å². The molecule has 1 rings (SSSR count). The maximum absolute atomic E-state index is 3.36. The van der Waals surface area contributed by atoms with Crippen molar-refractivity contribution >= 4 is 0 Å². The maximum atomic E-state index is 3.36. The van der Waals surface area contributed by atoms with Crippen molar-refractivity contribution in [2.24, 2.45) is 0 Å². The van der Waals surface area contributed by atoms with Crippen LogP contribution in [0.3, 0.4) is 0 Å². The SMILES string of the molecule is CCNCCN(C)CCc1ccc(C)c(C)c1C. The van der Waals surface area contributed by atoms with Crippen LogP contribution >= 0.6 is 0 Å². The molecular weight excluding hydrogens is 220 g/mol. The van der Waals surface area contributed by atoms with Gasteiger partial charge in [-0.25, -0.2) is 0 Å². The van der Waals surface area contributed by atoms with Gasteiger partial charge in [0.05, 0.1) is 0 Å². The Hall–Kier alpha value is -0.860. The van der Waals surface area contributed by atoms with Gasteiger partial charge in [-0.3, -0.25) is 0 Å². The van der Waals surface area contributed by atoms with Gasteiger partial charge in [-0.2, -0.15) is 0 Å². The summed E-state index contributed by atoms with van der Waals surface area (Å²) < 4.78 is 0. The highest BCUT2D eigenvalue weighted by Crippen LogP contribution is 2.17. The summed E-state index contributed by atoms with van der Waals surface area (Å²) in [6.07, 6.45) is 1.15. The van der Waals surface area contributed by atoms with Crippen LogP contribution in [-0.2, 0) is 6.42 Å². The minimum absolute atomic E-state index is 1.06. The van der Waals surface area contributed by atoms with Gasteiger partial charge < -0.3 is 10.2 Å². The highest BCUT2D eigenvalue weighted by Gasteiger charge is 2.05. The molecule has 2 heteroatoms. The average molecular weight is 248 g/mol. The summed E-state index contributed by atoms with van der Waals surface area (Å²) in [5.74, 6) is 0. The topological polar surface area (TPSA) is 15.3 Å². The molecule has 0 aliphatic rings. The minimum atomic E-state index is 1.06. The lowest BCUT2D eigenvalue weighted by Gasteiger charge is -2.18. The molecule has 0 saturated heterocycles. The first-order chi connectivity index (χ1) is 8.56. The van der Waals surface area contributed by atoms with Gasteiger partial charge in [-0.1, -0.05) is 19.1 Å². The Kier molecular flexibility index (Phi) is 6.37. The van der Waals surface area contributed by atoms with Gasteiger partial charge in [-0.05, 0) is 63.0 Å². The summed E-state index contributed by atoms with van der Waals surface area (Å²) in [5.41, 5.74) is 5.81. The number of aryl methyl sites for hydroxylation is 1. The fourth-order valence-corrected chi connectivity index (χ4v) is 2.15. The predicted octanol–water partition coefficient (Wildman–Crippen LogP) is 2.70.